The van der Waals surface area contributed by atoms with Crippen molar-refractivity contribution in [3.05, 3.63) is 35.4 Å². The van der Waals surface area contributed by atoms with Crippen LogP contribution in [0.4, 0.5) is 4.39 Å². The summed E-state index contributed by atoms with van der Waals surface area (Å²) in [6, 6.07) is 6.33. The number of rotatable bonds is 4. The van der Waals surface area contributed by atoms with Crippen LogP contribution in [0.15, 0.2) is 24.3 Å². The molecule has 1 aromatic carbocycles. The van der Waals surface area contributed by atoms with Crippen molar-refractivity contribution in [1.29, 1.82) is 0 Å². The summed E-state index contributed by atoms with van der Waals surface area (Å²) in [4.78, 5) is 10.5. The van der Waals surface area contributed by atoms with E-state index < -0.39 is 12.0 Å². The van der Waals surface area contributed by atoms with E-state index in [1.807, 2.05) is 24.3 Å². The monoisotopic (exact) mass is 208 g/mol. The minimum Gasteiger partial charge on any atom is -0.260 e. The lowest BCUT2D eigenvalue weighted by molar-refractivity contribution is -0.130. The van der Waals surface area contributed by atoms with Crippen molar-refractivity contribution in [3.8, 4) is 0 Å². The van der Waals surface area contributed by atoms with Crippen molar-refractivity contribution in [2.24, 2.45) is 5.92 Å². The van der Waals surface area contributed by atoms with E-state index >= 15 is 0 Å². The van der Waals surface area contributed by atoms with Crippen LogP contribution in [0.2, 0.25) is 0 Å². The summed E-state index contributed by atoms with van der Waals surface area (Å²) in [5.74, 6) is -0.0332. The van der Waals surface area contributed by atoms with Gasteiger partial charge in [0.15, 0.2) is 0 Å². The van der Waals surface area contributed by atoms with Gasteiger partial charge in [-0.3, -0.25) is 4.79 Å². The average molecular weight is 208 g/mol. The van der Waals surface area contributed by atoms with Crippen molar-refractivity contribution < 1.29 is 9.18 Å². The minimum absolute atomic E-state index is 0.607. The highest BCUT2D eigenvalue weighted by molar-refractivity contribution is 5.76. The topological polar surface area (TPSA) is 17.1 Å². The SMILES string of the molecule is CC(C)Cc1ccc(C(C)C(=O)F)cc1. The zero-order valence-corrected chi connectivity index (χ0v) is 9.46. The Kier molecular flexibility index (Phi) is 4.01. The standard InChI is InChI=1S/C13H17FO/c1-9(2)8-11-4-6-12(7-5-11)10(3)13(14)15/h4-7,9-10H,8H2,1-3H3. The van der Waals surface area contributed by atoms with E-state index in [0.29, 0.717) is 5.92 Å². The van der Waals surface area contributed by atoms with Gasteiger partial charge >= 0.3 is 6.04 Å². The molecule has 82 valence electrons. The summed E-state index contributed by atoms with van der Waals surface area (Å²) in [7, 11) is 0. The molecule has 0 bridgehead atoms. The van der Waals surface area contributed by atoms with E-state index in [0.717, 1.165) is 12.0 Å². The Labute approximate surface area is 90.3 Å². The van der Waals surface area contributed by atoms with Gasteiger partial charge in [0.05, 0.1) is 5.92 Å². The summed E-state index contributed by atoms with van der Waals surface area (Å²) in [5, 5.41) is 0. The molecular formula is C13H17FO. The summed E-state index contributed by atoms with van der Waals surface area (Å²) >= 11 is 0. The Bertz CT molecular complexity index is 327. The zero-order chi connectivity index (χ0) is 11.4. The number of hydrogen-bond acceptors (Lipinski definition) is 1. The quantitative estimate of drug-likeness (QED) is 0.692. The minimum atomic E-state index is -1.27. The molecule has 0 saturated heterocycles. The van der Waals surface area contributed by atoms with E-state index in [1.165, 1.54) is 5.56 Å². The van der Waals surface area contributed by atoms with E-state index in [2.05, 4.69) is 13.8 Å². The molecule has 0 radical (unpaired) electrons. The number of halogens is 1. The molecule has 0 aliphatic heterocycles. The molecule has 2 heteroatoms. The molecule has 1 atom stereocenters. The predicted molar refractivity (Wildman–Crippen MR) is 59.5 cm³/mol. The normalized spacial score (nSPS) is 12.9. The van der Waals surface area contributed by atoms with Gasteiger partial charge in [0.2, 0.25) is 0 Å². The molecule has 0 aliphatic carbocycles. The molecule has 0 amide bonds. The van der Waals surface area contributed by atoms with Crippen molar-refractivity contribution in [2.75, 3.05) is 0 Å². The first-order valence-electron chi connectivity index (χ1n) is 5.29. The van der Waals surface area contributed by atoms with Crippen molar-refractivity contribution in [1.82, 2.24) is 0 Å². The smallest absolute Gasteiger partial charge is 0.260 e. The molecule has 0 aliphatic rings. The Morgan fingerprint density at radius 3 is 2.13 bits per heavy atom. The molecule has 0 heterocycles. The summed E-state index contributed by atoms with van der Waals surface area (Å²) < 4.78 is 12.5. The van der Waals surface area contributed by atoms with Crippen LogP contribution in [0.25, 0.3) is 0 Å². The first-order chi connectivity index (χ1) is 7.00. The number of carbonyl (C=O) groups is 1. The zero-order valence-electron chi connectivity index (χ0n) is 9.46. The Hall–Kier alpha value is -1.18. The highest BCUT2D eigenvalue weighted by atomic mass is 19.1. The Morgan fingerprint density at radius 2 is 1.73 bits per heavy atom. The first-order valence-corrected chi connectivity index (χ1v) is 5.29. The maximum Gasteiger partial charge on any atom is 0.308 e. The van der Waals surface area contributed by atoms with E-state index in [1.54, 1.807) is 6.92 Å². The van der Waals surface area contributed by atoms with E-state index in [-0.39, 0.29) is 0 Å². The lowest BCUT2D eigenvalue weighted by atomic mass is 9.97. The van der Waals surface area contributed by atoms with Crippen LogP contribution < -0.4 is 0 Å². The number of hydrogen-bond donors (Lipinski definition) is 0. The first kappa shape index (κ1) is 11.9. The van der Waals surface area contributed by atoms with Gasteiger partial charge < -0.3 is 0 Å². The molecule has 0 aromatic heterocycles. The maximum absolute atomic E-state index is 12.5. The maximum atomic E-state index is 12.5. The molecule has 0 fully saturated rings. The third-order valence-electron chi connectivity index (χ3n) is 2.46. The van der Waals surface area contributed by atoms with Gasteiger partial charge in [-0.15, -0.1) is 0 Å². The van der Waals surface area contributed by atoms with Crippen molar-refractivity contribution in [2.45, 2.75) is 33.1 Å². The largest absolute Gasteiger partial charge is 0.308 e. The lowest BCUT2D eigenvalue weighted by Crippen LogP contribution is -2.03. The van der Waals surface area contributed by atoms with Crippen LogP contribution in [-0.4, -0.2) is 6.04 Å². The molecule has 1 unspecified atom stereocenters. The second kappa shape index (κ2) is 5.06. The van der Waals surface area contributed by atoms with Crippen molar-refractivity contribution in [3.63, 3.8) is 0 Å². The van der Waals surface area contributed by atoms with Gasteiger partial charge in [0.1, 0.15) is 0 Å². The lowest BCUT2D eigenvalue weighted by Gasteiger charge is -2.08. The van der Waals surface area contributed by atoms with Gasteiger partial charge in [0, 0.05) is 0 Å². The third kappa shape index (κ3) is 3.46. The van der Waals surface area contributed by atoms with Gasteiger partial charge in [-0.25, -0.2) is 0 Å². The van der Waals surface area contributed by atoms with Crippen LogP contribution in [-0.2, 0) is 11.2 Å². The second-order valence-electron chi connectivity index (χ2n) is 4.37. The molecule has 1 aromatic rings. The molecule has 1 rings (SSSR count). The fourth-order valence-electron chi connectivity index (χ4n) is 1.54. The van der Waals surface area contributed by atoms with Gasteiger partial charge in [-0.2, -0.15) is 4.39 Å². The molecule has 15 heavy (non-hydrogen) atoms. The molecule has 1 nitrogen and oxygen atoms in total. The summed E-state index contributed by atoms with van der Waals surface area (Å²) in [6.45, 7) is 5.89. The summed E-state index contributed by atoms with van der Waals surface area (Å²) in [5.41, 5.74) is 1.97. The predicted octanol–water partition coefficient (Wildman–Crippen LogP) is 3.48. The molecule has 0 N–H and O–H groups in total. The van der Waals surface area contributed by atoms with Gasteiger partial charge in [0.25, 0.3) is 0 Å². The van der Waals surface area contributed by atoms with Crippen molar-refractivity contribution >= 4 is 6.04 Å². The fourth-order valence-corrected chi connectivity index (χ4v) is 1.54. The van der Waals surface area contributed by atoms with Crippen LogP contribution >= 0.6 is 0 Å². The van der Waals surface area contributed by atoms with Crippen LogP contribution in [0, 0.1) is 5.92 Å². The average Bonchev–Trinajstić information content (AvgIpc) is 2.17. The molecular weight excluding hydrogens is 191 g/mol. The Balaban J connectivity index is 2.76. The van der Waals surface area contributed by atoms with Crippen LogP contribution in [0.3, 0.4) is 0 Å². The second-order valence-corrected chi connectivity index (χ2v) is 4.37. The fraction of sp³-hybridized carbons (Fsp3) is 0.462. The van der Waals surface area contributed by atoms with E-state index in [4.69, 9.17) is 0 Å². The van der Waals surface area contributed by atoms with Crippen LogP contribution in [0.5, 0.6) is 0 Å². The van der Waals surface area contributed by atoms with E-state index in [9.17, 15) is 9.18 Å². The van der Waals surface area contributed by atoms with Gasteiger partial charge in [-0.05, 0) is 30.4 Å². The molecule has 0 saturated carbocycles. The Morgan fingerprint density at radius 1 is 1.20 bits per heavy atom. The highest BCUT2D eigenvalue weighted by Crippen LogP contribution is 2.18. The number of carbonyl (C=O) groups excluding carboxylic acids is 1. The van der Waals surface area contributed by atoms with Crippen LogP contribution in [0.1, 0.15) is 37.8 Å². The highest BCUT2D eigenvalue weighted by Gasteiger charge is 2.13. The molecule has 0 spiro atoms. The third-order valence-corrected chi connectivity index (χ3v) is 2.46. The summed E-state index contributed by atoms with van der Waals surface area (Å²) in [6.07, 6.45) is 1.01. The van der Waals surface area contributed by atoms with Gasteiger partial charge in [-0.1, -0.05) is 38.1 Å². The number of benzene rings is 1.